The first-order chi connectivity index (χ1) is 10.3. The van der Waals surface area contributed by atoms with E-state index in [0.29, 0.717) is 6.61 Å². The Labute approximate surface area is 140 Å². The van der Waals surface area contributed by atoms with E-state index < -0.39 is 5.60 Å². The van der Waals surface area contributed by atoms with E-state index in [0.717, 1.165) is 35.2 Å². The van der Waals surface area contributed by atoms with Gasteiger partial charge in [0.2, 0.25) is 0 Å². The molecule has 0 unspecified atom stereocenters. The zero-order valence-electron chi connectivity index (χ0n) is 13.7. The predicted molar refractivity (Wildman–Crippen MR) is 90.3 cm³/mol. The van der Waals surface area contributed by atoms with Crippen LogP contribution >= 0.6 is 15.9 Å². The van der Waals surface area contributed by atoms with Gasteiger partial charge in [-0.25, -0.2) is 4.79 Å². The van der Waals surface area contributed by atoms with Gasteiger partial charge in [-0.15, -0.1) is 0 Å². The summed E-state index contributed by atoms with van der Waals surface area (Å²) in [5, 5.41) is 0. The first kappa shape index (κ1) is 17.1. The number of amides is 1. The van der Waals surface area contributed by atoms with Gasteiger partial charge < -0.3 is 14.4 Å². The highest BCUT2D eigenvalue weighted by Gasteiger charge is 2.32. The molecule has 1 aromatic rings. The minimum Gasteiger partial charge on any atom is -0.491 e. The minimum atomic E-state index is -0.465. The zero-order valence-corrected chi connectivity index (χ0v) is 15.3. The van der Waals surface area contributed by atoms with Gasteiger partial charge in [0.05, 0.1) is 6.04 Å². The molecule has 1 atom stereocenters. The average Bonchev–Trinajstić information content (AvgIpc) is 2.84. The lowest BCUT2D eigenvalue weighted by atomic mass is 10.2. The Bertz CT molecular complexity index is 539. The van der Waals surface area contributed by atoms with Gasteiger partial charge in [-0.1, -0.05) is 15.9 Å². The number of hydrogen-bond donors (Lipinski definition) is 0. The van der Waals surface area contributed by atoms with Gasteiger partial charge in [0.25, 0.3) is 0 Å². The van der Waals surface area contributed by atoms with E-state index in [1.807, 2.05) is 45.9 Å². The van der Waals surface area contributed by atoms with Crippen molar-refractivity contribution in [3.8, 4) is 5.75 Å². The molecule has 0 aliphatic carbocycles. The Hall–Kier alpha value is -1.23. The molecule has 0 radical (unpaired) electrons. The highest BCUT2D eigenvalue weighted by molar-refractivity contribution is 9.10. The number of likely N-dealkylation sites (tertiary alicyclic amines) is 1. The maximum atomic E-state index is 12.2. The number of aryl methyl sites for hydroxylation is 1. The molecule has 1 aromatic carbocycles. The maximum Gasteiger partial charge on any atom is 0.410 e. The van der Waals surface area contributed by atoms with Crippen molar-refractivity contribution in [3.63, 3.8) is 0 Å². The number of nitrogens with zero attached hydrogens (tertiary/aromatic N) is 1. The van der Waals surface area contributed by atoms with Crippen LogP contribution in [-0.4, -0.2) is 35.8 Å². The van der Waals surface area contributed by atoms with E-state index in [4.69, 9.17) is 9.47 Å². The summed E-state index contributed by atoms with van der Waals surface area (Å²) in [6.45, 7) is 8.91. The summed E-state index contributed by atoms with van der Waals surface area (Å²) < 4.78 is 12.4. The van der Waals surface area contributed by atoms with Crippen molar-refractivity contribution in [2.24, 2.45) is 0 Å². The van der Waals surface area contributed by atoms with Gasteiger partial charge in [-0.3, -0.25) is 0 Å². The zero-order chi connectivity index (χ0) is 16.3. The monoisotopic (exact) mass is 369 g/mol. The van der Waals surface area contributed by atoms with Crippen molar-refractivity contribution >= 4 is 22.0 Å². The smallest absolute Gasteiger partial charge is 0.410 e. The molecule has 122 valence electrons. The largest absolute Gasteiger partial charge is 0.491 e. The molecule has 5 heteroatoms. The highest BCUT2D eigenvalue weighted by Crippen LogP contribution is 2.25. The summed E-state index contributed by atoms with van der Waals surface area (Å²) in [7, 11) is 0. The molecule has 1 aliphatic heterocycles. The summed E-state index contributed by atoms with van der Waals surface area (Å²) in [6.07, 6.45) is 1.70. The summed E-state index contributed by atoms with van der Waals surface area (Å²) in [5.41, 5.74) is 0.615. The standard InChI is InChI=1S/C17H24BrNO3/c1-12-10-13(18)7-8-15(12)21-11-14-6-5-9-19(14)16(20)22-17(2,3)4/h7-8,10,14H,5-6,9,11H2,1-4H3/t14-/m0/s1. The molecule has 2 rings (SSSR count). The normalized spacial score (nSPS) is 18.4. The second-order valence-corrected chi connectivity index (χ2v) is 7.61. The van der Waals surface area contributed by atoms with Gasteiger partial charge >= 0.3 is 6.09 Å². The third-order valence-electron chi connectivity index (χ3n) is 3.57. The summed E-state index contributed by atoms with van der Waals surface area (Å²) in [5.74, 6) is 0.860. The van der Waals surface area contributed by atoms with E-state index in [1.54, 1.807) is 4.90 Å². The molecular weight excluding hydrogens is 346 g/mol. The number of carbonyl (C=O) groups excluding carboxylic acids is 1. The van der Waals surface area contributed by atoms with Crippen molar-refractivity contribution < 1.29 is 14.3 Å². The number of hydrogen-bond acceptors (Lipinski definition) is 3. The number of benzene rings is 1. The van der Waals surface area contributed by atoms with Crippen LogP contribution < -0.4 is 4.74 Å². The Morgan fingerprint density at radius 1 is 1.41 bits per heavy atom. The minimum absolute atomic E-state index is 0.0814. The highest BCUT2D eigenvalue weighted by atomic mass is 79.9. The fourth-order valence-electron chi connectivity index (χ4n) is 2.53. The Balaban J connectivity index is 1.95. The molecule has 1 heterocycles. The number of ether oxygens (including phenoxy) is 2. The van der Waals surface area contributed by atoms with Crippen LogP contribution in [0.1, 0.15) is 39.2 Å². The van der Waals surface area contributed by atoms with E-state index in [1.165, 1.54) is 0 Å². The second-order valence-electron chi connectivity index (χ2n) is 6.69. The lowest BCUT2D eigenvalue weighted by Crippen LogP contribution is -2.42. The molecule has 0 aromatic heterocycles. The number of halogens is 1. The Morgan fingerprint density at radius 2 is 2.14 bits per heavy atom. The average molecular weight is 370 g/mol. The SMILES string of the molecule is Cc1cc(Br)ccc1OC[C@@H]1CCCN1C(=O)OC(C)(C)C. The molecule has 1 amide bonds. The predicted octanol–water partition coefficient (Wildman–Crippen LogP) is 4.54. The molecule has 22 heavy (non-hydrogen) atoms. The van der Waals surface area contributed by atoms with Crippen LogP contribution in [0.15, 0.2) is 22.7 Å². The lowest BCUT2D eigenvalue weighted by molar-refractivity contribution is 0.0187. The molecule has 0 N–H and O–H groups in total. The lowest BCUT2D eigenvalue weighted by Gasteiger charge is -2.28. The van der Waals surface area contributed by atoms with Crippen molar-refractivity contribution in [2.45, 2.75) is 52.2 Å². The van der Waals surface area contributed by atoms with Gasteiger partial charge in [0.15, 0.2) is 0 Å². The van der Waals surface area contributed by atoms with Crippen molar-refractivity contribution in [3.05, 3.63) is 28.2 Å². The third kappa shape index (κ3) is 4.63. The quantitative estimate of drug-likeness (QED) is 0.784. The van der Waals surface area contributed by atoms with E-state index in [9.17, 15) is 4.79 Å². The van der Waals surface area contributed by atoms with E-state index >= 15 is 0 Å². The van der Waals surface area contributed by atoms with Crippen LogP contribution in [0.2, 0.25) is 0 Å². The maximum absolute atomic E-state index is 12.2. The second kappa shape index (κ2) is 6.90. The van der Waals surface area contributed by atoms with Gasteiger partial charge in [-0.05, 0) is 64.3 Å². The van der Waals surface area contributed by atoms with Gasteiger partial charge in [-0.2, -0.15) is 0 Å². The number of carbonyl (C=O) groups is 1. The van der Waals surface area contributed by atoms with Crippen LogP contribution in [-0.2, 0) is 4.74 Å². The van der Waals surface area contributed by atoms with Crippen molar-refractivity contribution in [1.82, 2.24) is 4.90 Å². The molecule has 0 spiro atoms. The molecule has 4 nitrogen and oxygen atoms in total. The van der Waals surface area contributed by atoms with E-state index in [-0.39, 0.29) is 12.1 Å². The van der Waals surface area contributed by atoms with Crippen LogP contribution in [0.5, 0.6) is 5.75 Å². The van der Waals surface area contributed by atoms with Crippen molar-refractivity contribution in [1.29, 1.82) is 0 Å². The molecule has 1 fully saturated rings. The van der Waals surface area contributed by atoms with Crippen LogP contribution in [0, 0.1) is 6.92 Å². The molecule has 1 saturated heterocycles. The molecule has 0 bridgehead atoms. The van der Waals surface area contributed by atoms with E-state index in [2.05, 4.69) is 15.9 Å². The first-order valence-corrected chi connectivity index (χ1v) is 8.44. The Morgan fingerprint density at radius 3 is 2.77 bits per heavy atom. The summed E-state index contributed by atoms with van der Waals surface area (Å²) in [4.78, 5) is 14.0. The fourth-order valence-corrected chi connectivity index (χ4v) is 3.01. The Kier molecular flexibility index (Phi) is 5.37. The van der Waals surface area contributed by atoms with Crippen molar-refractivity contribution in [2.75, 3.05) is 13.2 Å². The third-order valence-corrected chi connectivity index (χ3v) is 4.07. The topological polar surface area (TPSA) is 38.8 Å². The van der Waals surface area contributed by atoms with Gasteiger partial charge in [0.1, 0.15) is 18.0 Å². The molecular formula is C17H24BrNO3. The van der Waals surface area contributed by atoms with Crippen LogP contribution in [0.3, 0.4) is 0 Å². The number of rotatable bonds is 3. The van der Waals surface area contributed by atoms with Crippen LogP contribution in [0.4, 0.5) is 4.79 Å². The molecule has 1 aliphatic rings. The summed E-state index contributed by atoms with van der Waals surface area (Å²) in [6, 6.07) is 6.02. The first-order valence-electron chi connectivity index (χ1n) is 7.65. The molecule has 0 saturated carbocycles. The fraction of sp³-hybridized carbons (Fsp3) is 0.588. The summed E-state index contributed by atoms with van der Waals surface area (Å²) >= 11 is 3.45. The van der Waals surface area contributed by atoms with Gasteiger partial charge in [0, 0.05) is 11.0 Å². The van der Waals surface area contributed by atoms with Crippen LogP contribution in [0.25, 0.3) is 0 Å².